The molecule has 0 aliphatic rings. The number of nitrogens with zero attached hydrogens (tertiary/aromatic N) is 2. The number of aromatic nitrogens is 2. The second-order valence-electron chi connectivity index (χ2n) is 3.84. The highest BCUT2D eigenvalue weighted by Crippen LogP contribution is 2.24. The van der Waals surface area contributed by atoms with Gasteiger partial charge in [-0.05, 0) is 31.5 Å². The molecule has 0 unspecified atom stereocenters. The molecule has 1 heterocycles. The molecular formula is C12H14ClN3. The first-order valence-corrected chi connectivity index (χ1v) is 5.52. The van der Waals surface area contributed by atoms with Crippen molar-refractivity contribution < 1.29 is 0 Å². The number of nitrogens with two attached hydrogens (primary N) is 1. The van der Waals surface area contributed by atoms with E-state index in [1.54, 1.807) is 6.20 Å². The monoisotopic (exact) mass is 235 g/mol. The number of benzene rings is 1. The molecule has 2 N–H and O–H groups in total. The number of imidazole rings is 1. The molecule has 0 radical (unpaired) electrons. The molecular weight excluding hydrogens is 222 g/mol. The van der Waals surface area contributed by atoms with E-state index in [4.69, 9.17) is 17.3 Å². The minimum Gasteiger partial charge on any atom is -0.324 e. The van der Waals surface area contributed by atoms with E-state index in [0.717, 1.165) is 17.1 Å². The van der Waals surface area contributed by atoms with Crippen molar-refractivity contribution in [3.05, 3.63) is 47.0 Å². The molecule has 0 aliphatic heterocycles. The Labute approximate surface area is 99.9 Å². The molecule has 0 fully saturated rings. The number of hydrogen-bond donors (Lipinski definition) is 1. The maximum atomic E-state index is 6.23. The Morgan fingerprint density at radius 1 is 1.44 bits per heavy atom. The average Bonchev–Trinajstić information content (AvgIpc) is 2.64. The second kappa shape index (κ2) is 4.28. The minimum atomic E-state index is -0.00423. The molecule has 0 spiro atoms. The van der Waals surface area contributed by atoms with Crippen molar-refractivity contribution in [3.63, 3.8) is 0 Å². The van der Waals surface area contributed by atoms with Gasteiger partial charge in [0.1, 0.15) is 5.82 Å². The van der Waals surface area contributed by atoms with E-state index < -0.39 is 0 Å². The summed E-state index contributed by atoms with van der Waals surface area (Å²) in [5, 5.41) is 0.691. The molecule has 0 saturated heterocycles. The third kappa shape index (κ3) is 1.96. The lowest BCUT2D eigenvalue weighted by Gasteiger charge is -2.11. The van der Waals surface area contributed by atoms with Crippen LogP contribution in [0.1, 0.15) is 24.4 Å². The van der Waals surface area contributed by atoms with Gasteiger partial charge in [-0.3, -0.25) is 0 Å². The lowest BCUT2D eigenvalue weighted by molar-refractivity contribution is 0.817. The third-order valence-electron chi connectivity index (χ3n) is 2.58. The lowest BCUT2D eigenvalue weighted by atomic mass is 10.1. The van der Waals surface area contributed by atoms with Crippen LogP contribution in [0.2, 0.25) is 5.02 Å². The highest BCUT2D eigenvalue weighted by atomic mass is 35.5. The highest BCUT2D eigenvalue weighted by molar-refractivity contribution is 6.32. The van der Waals surface area contributed by atoms with Crippen molar-refractivity contribution in [1.29, 1.82) is 0 Å². The maximum Gasteiger partial charge on any atom is 0.110 e. The quantitative estimate of drug-likeness (QED) is 0.870. The second-order valence-corrected chi connectivity index (χ2v) is 4.25. The normalized spacial score (nSPS) is 12.8. The molecule has 0 amide bonds. The van der Waals surface area contributed by atoms with Crippen LogP contribution in [0.15, 0.2) is 30.6 Å². The van der Waals surface area contributed by atoms with Crippen molar-refractivity contribution in [2.24, 2.45) is 5.73 Å². The Morgan fingerprint density at radius 2 is 2.19 bits per heavy atom. The Bertz CT molecular complexity index is 503. The first-order chi connectivity index (χ1) is 7.59. The highest BCUT2D eigenvalue weighted by Gasteiger charge is 2.07. The van der Waals surface area contributed by atoms with Gasteiger partial charge in [0.25, 0.3) is 0 Å². The van der Waals surface area contributed by atoms with Gasteiger partial charge in [-0.25, -0.2) is 4.98 Å². The van der Waals surface area contributed by atoms with Crippen LogP contribution < -0.4 is 5.73 Å². The zero-order chi connectivity index (χ0) is 11.7. The SMILES string of the molecule is Cc1nccn1-c1ccc([C@@H](C)N)cc1Cl. The maximum absolute atomic E-state index is 6.23. The summed E-state index contributed by atoms with van der Waals surface area (Å²) in [6.45, 7) is 3.88. The predicted molar refractivity (Wildman–Crippen MR) is 65.9 cm³/mol. The summed E-state index contributed by atoms with van der Waals surface area (Å²) in [4.78, 5) is 4.17. The summed E-state index contributed by atoms with van der Waals surface area (Å²) >= 11 is 6.23. The molecule has 4 heteroatoms. The van der Waals surface area contributed by atoms with Gasteiger partial charge < -0.3 is 10.3 Å². The molecule has 2 rings (SSSR count). The van der Waals surface area contributed by atoms with Gasteiger partial charge in [-0.15, -0.1) is 0 Å². The van der Waals surface area contributed by atoms with E-state index >= 15 is 0 Å². The van der Waals surface area contributed by atoms with Crippen LogP contribution in [0.4, 0.5) is 0 Å². The Balaban J connectivity index is 2.48. The molecule has 84 valence electrons. The van der Waals surface area contributed by atoms with E-state index in [1.165, 1.54) is 0 Å². The third-order valence-corrected chi connectivity index (χ3v) is 2.89. The van der Waals surface area contributed by atoms with Crippen LogP contribution in [0.25, 0.3) is 5.69 Å². The van der Waals surface area contributed by atoms with Gasteiger partial charge in [0.15, 0.2) is 0 Å². The molecule has 1 aromatic heterocycles. The summed E-state index contributed by atoms with van der Waals surface area (Å²) in [5.41, 5.74) is 7.77. The molecule has 3 nitrogen and oxygen atoms in total. The molecule has 1 aromatic carbocycles. The smallest absolute Gasteiger partial charge is 0.110 e. The van der Waals surface area contributed by atoms with Crippen LogP contribution in [0, 0.1) is 6.92 Å². The Hall–Kier alpha value is -1.32. The zero-order valence-electron chi connectivity index (χ0n) is 9.31. The molecule has 0 bridgehead atoms. The topological polar surface area (TPSA) is 43.8 Å². The standard InChI is InChI=1S/C12H14ClN3/c1-8(14)10-3-4-12(11(13)7-10)16-6-5-15-9(16)2/h3-8H,14H2,1-2H3/t8-/m1/s1. The first-order valence-electron chi connectivity index (χ1n) is 5.15. The van der Waals surface area contributed by atoms with Crippen molar-refractivity contribution in [3.8, 4) is 5.69 Å². The fourth-order valence-corrected chi connectivity index (χ4v) is 1.91. The zero-order valence-corrected chi connectivity index (χ0v) is 10.1. The molecule has 0 saturated carbocycles. The van der Waals surface area contributed by atoms with Crippen LogP contribution in [-0.4, -0.2) is 9.55 Å². The van der Waals surface area contributed by atoms with Gasteiger partial charge in [0, 0.05) is 18.4 Å². The lowest BCUT2D eigenvalue weighted by Crippen LogP contribution is -2.05. The molecule has 1 atom stereocenters. The van der Waals surface area contributed by atoms with E-state index in [2.05, 4.69) is 4.98 Å². The minimum absolute atomic E-state index is 0.00423. The van der Waals surface area contributed by atoms with Gasteiger partial charge in [-0.2, -0.15) is 0 Å². The summed E-state index contributed by atoms with van der Waals surface area (Å²) in [6.07, 6.45) is 3.65. The van der Waals surface area contributed by atoms with Crippen LogP contribution in [-0.2, 0) is 0 Å². The first kappa shape index (κ1) is 11.2. The molecule has 0 aliphatic carbocycles. The van der Waals surface area contributed by atoms with Gasteiger partial charge in [0.05, 0.1) is 10.7 Å². The van der Waals surface area contributed by atoms with Crippen LogP contribution >= 0.6 is 11.6 Å². The van der Waals surface area contributed by atoms with Crippen molar-refractivity contribution in [1.82, 2.24) is 9.55 Å². The van der Waals surface area contributed by atoms with Crippen LogP contribution in [0.3, 0.4) is 0 Å². The van der Waals surface area contributed by atoms with Gasteiger partial charge in [-0.1, -0.05) is 17.7 Å². The van der Waals surface area contributed by atoms with Crippen molar-refractivity contribution in [2.75, 3.05) is 0 Å². The Morgan fingerprint density at radius 3 is 2.69 bits per heavy atom. The number of halogens is 1. The predicted octanol–water partition coefficient (Wildman–Crippen LogP) is 2.85. The summed E-state index contributed by atoms with van der Waals surface area (Å²) < 4.78 is 1.95. The summed E-state index contributed by atoms with van der Waals surface area (Å²) in [7, 11) is 0. The fourth-order valence-electron chi connectivity index (χ4n) is 1.63. The fraction of sp³-hybridized carbons (Fsp3) is 0.250. The van der Waals surface area contributed by atoms with E-state index in [0.29, 0.717) is 5.02 Å². The summed E-state index contributed by atoms with van der Waals surface area (Å²) in [6, 6.07) is 5.86. The van der Waals surface area contributed by atoms with E-state index in [1.807, 2.05) is 42.8 Å². The number of rotatable bonds is 2. The largest absolute Gasteiger partial charge is 0.324 e. The van der Waals surface area contributed by atoms with Crippen molar-refractivity contribution >= 4 is 11.6 Å². The van der Waals surface area contributed by atoms with Crippen LogP contribution in [0.5, 0.6) is 0 Å². The van der Waals surface area contributed by atoms with Gasteiger partial charge in [0.2, 0.25) is 0 Å². The molecule has 16 heavy (non-hydrogen) atoms. The van der Waals surface area contributed by atoms with E-state index in [9.17, 15) is 0 Å². The van der Waals surface area contributed by atoms with Gasteiger partial charge >= 0.3 is 0 Å². The van der Waals surface area contributed by atoms with Crippen molar-refractivity contribution in [2.45, 2.75) is 19.9 Å². The Kier molecular flexibility index (Phi) is 2.99. The summed E-state index contributed by atoms with van der Waals surface area (Å²) in [5.74, 6) is 0.912. The average molecular weight is 236 g/mol. The number of aryl methyl sites for hydroxylation is 1. The number of hydrogen-bond acceptors (Lipinski definition) is 2. The molecule has 2 aromatic rings. The van der Waals surface area contributed by atoms with E-state index in [-0.39, 0.29) is 6.04 Å².